The van der Waals surface area contributed by atoms with E-state index in [9.17, 15) is 0 Å². The molecule has 0 saturated heterocycles. The van der Waals surface area contributed by atoms with Crippen LogP contribution in [-0.4, -0.2) is 17.7 Å². The van der Waals surface area contributed by atoms with E-state index in [0.29, 0.717) is 12.1 Å². The molecular weight excluding hydrogens is 361 g/mol. The Balaban J connectivity index is 2.04. The van der Waals surface area contributed by atoms with E-state index in [2.05, 4.69) is 91.0 Å². The predicted molar refractivity (Wildman–Crippen MR) is 124 cm³/mol. The molecule has 0 saturated carbocycles. The van der Waals surface area contributed by atoms with E-state index in [1.165, 1.54) is 15.9 Å². The maximum Gasteiger partial charge on any atom is 0.112 e. The molecule has 0 atom stereocenters. The molecule has 0 aliphatic rings. The zero-order valence-corrected chi connectivity index (χ0v) is 16.9. The van der Waals surface area contributed by atoms with Crippen molar-refractivity contribution in [1.29, 1.82) is 10.8 Å². The first-order valence-corrected chi connectivity index (χ1v) is 11.5. The van der Waals surface area contributed by atoms with Crippen LogP contribution in [0.15, 0.2) is 91.0 Å². The third-order valence-corrected chi connectivity index (χ3v) is 9.49. The second-order valence-corrected chi connectivity index (χ2v) is 10.6. The largest absolute Gasteiger partial charge is 0.387 e. The number of benzene rings is 3. The second kappa shape index (κ2) is 9.43. The van der Waals surface area contributed by atoms with E-state index in [1.54, 1.807) is 0 Å². The number of rotatable bonds is 9. The molecule has 0 spiro atoms. The summed E-state index contributed by atoms with van der Waals surface area (Å²) in [5, 5.41) is 19.7. The molecule has 0 aliphatic carbocycles. The fourth-order valence-corrected chi connectivity index (χ4v) is 8.07. The highest BCUT2D eigenvalue weighted by molar-refractivity contribution is 7.95. The van der Waals surface area contributed by atoms with Crippen molar-refractivity contribution in [2.75, 3.05) is 6.16 Å². The smallest absolute Gasteiger partial charge is 0.112 e. The second-order valence-electron chi connectivity index (χ2n) is 6.95. The Bertz CT molecular complexity index is 812. The van der Waals surface area contributed by atoms with Crippen LogP contribution in [0, 0.1) is 10.8 Å². The van der Waals surface area contributed by atoms with Gasteiger partial charge in [-0.1, -0.05) is 54.6 Å². The van der Waals surface area contributed by atoms with Crippen LogP contribution < -0.4 is 21.6 Å². The molecule has 0 amide bonds. The highest BCUT2D eigenvalue weighted by atomic mass is 31.2. The molecule has 3 nitrogen and oxygen atoms in total. The summed E-state index contributed by atoms with van der Waals surface area (Å²) < 4.78 is 0. The summed E-state index contributed by atoms with van der Waals surface area (Å²) in [7, 11) is -1.83. The summed E-state index contributed by atoms with van der Waals surface area (Å²) in [6.45, 7) is 0. The monoisotopic (exact) mass is 388 g/mol. The van der Waals surface area contributed by atoms with Gasteiger partial charge in [0.2, 0.25) is 0 Å². The fraction of sp³-hybridized carbons (Fsp3) is 0.167. The molecule has 0 fully saturated rings. The van der Waals surface area contributed by atoms with E-state index in [4.69, 9.17) is 16.6 Å². The average molecular weight is 388 g/mol. The van der Waals surface area contributed by atoms with E-state index in [0.717, 1.165) is 12.6 Å². The highest BCUT2D eigenvalue weighted by Crippen LogP contribution is 2.55. The van der Waals surface area contributed by atoms with E-state index in [-0.39, 0.29) is 12.3 Å². The van der Waals surface area contributed by atoms with Crippen LogP contribution in [0.1, 0.15) is 19.3 Å². The molecule has 0 bridgehead atoms. The summed E-state index contributed by atoms with van der Waals surface area (Å²) >= 11 is 0. The Morgan fingerprint density at radius 2 is 1.07 bits per heavy atom. The Morgan fingerprint density at radius 3 is 1.43 bits per heavy atom. The fourth-order valence-electron chi connectivity index (χ4n) is 3.73. The van der Waals surface area contributed by atoms with Crippen molar-refractivity contribution in [2.24, 2.45) is 5.73 Å². The normalized spacial score (nSPS) is 11.1. The van der Waals surface area contributed by atoms with Gasteiger partial charge in [0.25, 0.3) is 0 Å². The van der Waals surface area contributed by atoms with Crippen molar-refractivity contribution in [2.45, 2.75) is 19.3 Å². The Morgan fingerprint density at radius 1 is 0.679 bits per heavy atom. The van der Waals surface area contributed by atoms with Crippen LogP contribution in [-0.2, 0) is 0 Å². The van der Waals surface area contributed by atoms with Gasteiger partial charge in [0, 0.05) is 12.1 Å². The van der Waals surface area contributed by atoms with Gasteiger partial charge in [-0.2, -0.15) is 0 Å². The molecule has 142 valence electrons. The van der Waals surface area contributed by atoms with Crippen LogP contribution in [0.5, 0.6) is 0 Å². The van der Waals surface area contributed by atoms with Gasteiger partial charge in [-0.25, -0.2) is 0 Å². The van der Waals surface area contributed by atoms with Crippen molar-refractivity contribution in [3.8, 4) is 0 Å². The van der Waals surface area contributed by atoms with Crippen molar-refractivity contribution in [3.05, 3.63) is 91.0 Å². The lowest BCUT2D eigenvalue weighted by atomic mass is 10.1. The lowest BCUT2D eigenvalue weighted by molar-refractivity contribution is 0.978. The number of nitrogens with one attached hydrogen (secondary N) is 2. The minimum atomic E-state index is -1.83. The van der Waals surface area contributed by atoms with Crippen LogP contribution in [0.3, 0.4) is 0 Å². The molecule has 4 N–H and O–H groups in total. The zero-order chi connectivity index (χ0) is 19.8. The molecule has 0 aliphatic heterocycles. The molecule has 0 unspecified atom stereocenters. The molecule has 4 heteroatoms. The van der Waals surface area contributed by atoms with Gasteiger partial charge in [-0.15, -0.1) is 0 Å². The van der Waals surface area contributed by atoms with Crippen molar-refractivity contribution in [3.63, 3.8) is 0 Å². The van der Waals surface area contributed by atoms with E-state index in [1.807, 2.05) is 0 Å². The maximum atomic E-state index is 8.13. The van der Waals surface area contributed by atoms with Gasteiger partial charge in [-0.05, 0) is 49.2 Å². The quantitative estimate of drug-likeness (QED) is 0.288. The van der Waals surface area contributed by atoms with Crippen molar-refractivity contribution in [1.82, 2.24) is 0 Å². The third-order valence-electron chi connectivity index (χ3n) is 4.97. The lowest BCUT2D eigenvalue weighted by Gasteiger charge is -2.27. The molecule has 3 aromatic rings. The van der Waals surface area contributed by atoms with Gasteiger partial charge >= 0.3 is 0 Å². The predicted octanol–water partition coefficient (Wildman–Crippen LogP) is 4.11. The average Bonchev–Trinajstić information content (AvgIpc) is 2.73. The molecular formula is C24H27N3P+. The van der Waals surface area contributed by atoms with E-state index < -0.39 is 7.26 Å². The molecule has 3 aromatic carbocycles. The van der Waals surface area contributed by atoms with Crippen molar-refractivity contribution >= 4 is 34.7 Å². The molecule has 0 heterocycles. The third kappa shape index (κ3) is 4.55. The summed E-state index contributed by atoms with van der Waals surface area (Å²) in [5.74, 6) is 0.0697. The van der Waals surface area contributed by atoms with Gasteiger partial charge in [0.05, 0.1) is 12.0 Å². The Labute approximate surface area is 168 Å². The topological polar surface area (TPSA) is 73.7 Å². The molecule has 0 aromatic heterocycles. The summed E-state index contributed by atoms with van der Waals surface area (Å²) in [4.78, 5) is 0. The van der Waals surface area contributed by atoms with Crippen LogP contribution in [0.4, 0.5) is 0 Å². The minimum absolute atomic E-state index is 0.0697. The standard InChI is InChI=1S/C24H27N3P/c25-20(19-24(26)27)11-10-18-28(21-12-4-1-5-13-21,22-14-6-2-7-15-22)23-16-8-3-9-17-23/h1-9,12-17,25H,10-11,18-19H2,(H3,26,27)/q+1. The highest BCUT2D eigenvalue weighted by Gasteiger charge is 2.44. The van der Waals surface area contributed by atoms with Gasteiger partial charge in [0.1, 0.15) is 23.2 Å². The first-order chi connectivity index (χ1) is 13.6. The minimum Gasteiger partial charge on any atom is -0.387 e. The number of amidine groups is 1. The van der Waals surface area contributed by atoms with Gasteiger partial charge in [-0.3, -0.25) is 5.41 Å². The summed E-state index contributed by atoms with van der Waals surface area (Å²) in [6.07, 6.45) is 2.84. The van der Waals surface area contributed by atoms with Crippen molar-refractivity contribution < 1.29 is 0 Å². The van der Waals surface area contributed by atoms with Gasteiger partial charge < -0.3 is 11.1 Å². The first kappa shape index (κ1) is 20.0. The zero-order valence-electron chi connectivity index (χ0n) is 16.0. The van der Waals surface area contributed by atoms with E-state index >= 15 is 0 Å². The summed E-state index contributed by atoms with van der Waals surface area (Å²) in [6, 6.07) is 32.4. The lowest BCUT2D eigenvalue weighted by Crippen LogP contribution is -2.33. The molecule has 3 rings (SSSR count). The summed E-state index contributed by atoms with van der Waals surface area (Å²) in [5.41, 5.74) is 6.01. The van der Waals surface area contributed by atoms with Gasteiger partial charge in [0.15, 0.2) is 0 Å². The number of nitrogens with two attached hydrogens (primary N) is 1. The maximum absolute atomic E-state index is 8.13. The molecule has 0 radical (unpaired) electrons. The van der Waals surface area contributed by atoms with Crippen LogP contribution in [0.2, 0.25) is 0 Å². The van der Waals surface area contributed by atoms with Crippen LogP contribution >= 0.6 is 7.26 Å². The Kier molecular flexibility index (Phi) is 6.73. The number of hydrogen-bond acceptors (Lipinski definition) is 2. The first-order valence-electron chi connectivity index (χ1n) is 9.57. The SMILES string of the molecule is N=C(N)CC(=N)CCC[P+](c1ccccc1)(c1ccccc1)c1ccccc1. The van der Waals surface area contributed by atoms with Crippen LogP contribution in [0.25, 0.3) is 0 Å². The Hall–Kier alpha value is -2.77. The molecule has 28 heavy (non-hydrogen) atoms. The number of hydrogen-bond donors (Lipinski definition) is 3.